The van der Waals surface area contributed by atoms with Gasteiger partial charge in [0.2, 0.25) is 0 Å². The van der Waals surface area contributed by atoms with E-state index in [1.807, 2.05) is 0 Å². The zero-order valence-electron chi connectivity index (χ0n) is 12.9. The summed E-state index contributed by atoms with van der Waals surface area (Å²) in [5, 5.41) is 0.518. The van der Waals surface area contributed by atoms with Gasteiger partial charge >= 0.3 is 11.9 Å². The van der Waals surface area contributed by atoms with E-state index in [9.17, 15) is 9.59 Å². The number of esters is 2. The van der Waals surface area contributed by atoms with Crippen LogP contribution in [0.3, 0.4) is 0 Å². The number of allylic oxidation sites excluding steroid dienone is 1. The van der Waals surface area contributed by atoms with Gasteiger partial charge < -0.3 is 9.47 Å². The molecule has 0 N–H and O–H groups in total. The quantitative estimate of drug-likeness (QED) is 0.353. The maximum atomic E-state index is 12.0. The SMILES string of the molecule is C=CC(CCSC(C)C)C(C(=O)OCC)C(=O)OCC. The van der Waals surface area contributed by atoms with E-state index in [1.165, 1.54) is 0 Å². The Labute approximate surface area is 126 Å². The minimum atomic E-state index is -0.903. The first-order chi connectivity index (χ1) is 9.47. The molecule has 1 unspecified atom stereocenters. The zero-order chi connectivity index (χ0) is 15.5. The van der Waals surface area contributed by atoms with E-state index in [1.54, 1.807) is 31.7 Å². The Morgan fingerprint density at radius 2 is 1.65 bits per heavy atom. The fourth-order valence-electron chi connectivity index (χ4n) is 1.77. The van der Waals surface area contributed by atoms with Crippen LogP contribution in [0.15, 0.2) is 12.7 Å². The Morgan fingerprint density at radius 1 is 1.15 bits per heavy atom. The van der Waals surface area contributed by atoms with Crippen LogP contribution in [0.25, 0.3) is 0 Å². The van der Waals surface area contributed by atoms with Crippen LogP contribution in [0.2, 0.25) is 0 Å². The summed E-state index contributed by atoms with van der Waals surface area (Å²) < 4.78 is 9.97. The van der Waals surface area contributed by atoms with E-state index >= 15 is 0 Å². The second kappa shape index (κ2) is 10.8. The van der Waals surface area contributed by atoms with Crippen molar-refractivity contribution in [3.8, 4) is 0 Å². The lowest BCUT2D eigenvalue weighted by atomic mass is 9.90. The van der Waals surface area contributed by atoms with Gasteiger partial charge in [-0.15, -0.1) is 6.58 Å². The van der Waals surface area contributed by atoms with Crippen molar-refractivity contribution in [2.45, 2.75) is 39.4 Å². The van der Waals surface area contributed by atoms with Crippen molar-refractivity contribution in [1.29, 1.82) is 0 Å². The molecule has 0 heterocycles. The molecule has 0 aromatic carbocycles. The molecule has 4 nitrogen and oxygen atoms in total. The van der Waals surface area contributed by atoms with E-state index in [2.05, 4.69) is 20.4 Å². The van der Waals surface area contributed by atoms with Crippen LogP contribution in [-0.4, -0.2) is 36.2 Å². The zero-order valence-corrected chi connectivity index (χ0v) is 13.7. The number of carbonyl (C=O) groups excluding carboxylic acids is 2. The fourth-order valence-corrected chi connectivity index (χ4v) is 2.65. The molecule has 0 amide bonds. The molecule has 0 spiro atoms. The summed E-state index contributed by atoms with van der Waals surface area (Å²) in [6, 6.07) is 0. The molecule has 0 saturated heterocycles. The smallest absolute Gasteiger partial charge is 0.320 e. The third-order valence-corrected chi connectivity index (χ3v) is 3.85. The normalized spacial score (nSPS) is 12.3. The highest BCUT2D eigenvalue weighted by Crippen LogP contribution is 2.24. The maximum absolute atomic E-state index is 12.0. The summed E-state index contributed by atoms with van der Waals surface area (Å²) in [7, 11) is 0. The minimum absolute atomic E-state index is 0.249. The lowest BCUT2D eigenvalue weighted by molar-refractivity contribution is -0.163. The van der Waals surface area contributed by atoms with Crippen LogP contribution >= 0.6 is 11.8 Å². The monoisotopic (exact) mass is 302 g/mol. The van der Waals surface area contributed by atoms with Crippen molar-refractivity contribution in [3.05, 3.63) is 12.7 Å². The Morgan fingerprint density at radius 3 is 2.00 bits per heavy atom. The molecule has 0 aliphatic rings. The molecule has 116 valence electrons. The first-order valence-electron chi connectivity index (χ1n) is 7.05. The van der Waals surface area contributed by atoms with Gasteiger partial charge in [-0.3, -0.25) is 9.59 Å². The Balaban J connectivity index is 4.80. The standard InChI is InChI=1S/C15H26O4S/c1-6-12(9-10-20-11(4)5)13(14(16)18-7-2)15(17)19-8-3/h6,11-13H,1,7-10H2,2-5H3. The van der Waals surface area contributed by atoms with Crippen molar-refractivity contribution in [1.82, 2.24) is 0 Å². The Kier molecular flexibility index (Phi) is 10.3. The molecule has 0 aromatic rings. The molecule has 0 rings (SSSR count). The molecule has 0 fully saturated rings. The lowest BCUT2D eigenvalue weighted by Gasteiger charge is -2.21. The van der Waals surface area contributed by atoms with Crippen molar-refractivity contribution in [2.24, 2.45) is 11.8 Å². The molecular weight excluding hydrogens is 276 g/mol. The first-order valence-corrected chi connectivity index (χ1v) is 8.10. The summed E-state index contributed by atoms with van der Waals surface area (Å²) in [5.41, 5.74) is 0. The van der Waals surface area contributed by atoms with Crippen LogP contribution < -0.4 is 0 Å². The van der Waals surface area contributed by atoms with Crippen LogP contribution in [-0.2, 0) is 19.1 Å². The second-order valence-electron chi connectivity index (χ2n) is 4.59. The number of thioether (sulfide) groups is 1. The molecule has 0 bridgehead atoms. The van der Waals surface area contributed by atoms with Crippen molar-refractivity contribution in [2.75, 3.05) is 19.0 Å². The fraction of sp³-hybridized carbons (Fsp3) is 0.733. The molecule has 1 atom stereocenters. The van der Waals surface area contributed by atoms with Gasteiger partial charge in [-0.1, -0.05) is 19.9 Å². The molecule has 0 aromatic heterocycles. The number of hydrogen-bond donors (Lipinski definition) is 0. The van der Waals surface area contributed by atoms with Gasteiger partial charge in [0.05, 0.1) is 13.2 Å². The molecule has 0 aliphatic carbocycles. The molecule has 0 radical (unpaired) electrons. The van der Waals surface area contributed by atoms with Gasteiger partial charge in [0.15, 0.2) is 5.92 Å². The highest BCUT2D eigenvalue weighted by atomic mass is 32.2. The van der Waals surface area contributed by atoms with E-state index in [0.717, 1.165) is 5.75 Å². The molecule has 0 aliphatic heterocycles. The van der Waals surface area contributed by atoms with Crippen molar-refractivity contribution < 1.29 is 19.1 Å². The summed E-state index contributed by atoms with van der Waals surface area (Å²) in [6.45, 7) is 11.9. The number of hydrogen-bond acceptors (Lipinski definition) is 5. The largest absolute Gasteiger partial charge is 0.465 e. The lowest BCUT2D eigenvalue weighted by Crippen LogP contribution is -2.34. The van der Waals surface area contributed by atoms with E-state index < -0.39 is 17.9 Å². The van der Waals surface area contributed by atoms with E-state index in [4.69, 9.17) is 9.47 Å². The van der Waals surface area contributed by atoms with Crippen LogP contribution in [0.5, 0.6) is 0 Å². The van der Waals surface area contributed by atoms with Crippen molar-refractivity contribution in [3.63, 3.8) is 0 Å². The van der Waals surface area contributed by atoms with Crippen LogP contribution in [0, 0.1) is 11.8 Å². The van der Waals surface area contributed by atoms with Gasteiger partial charge in [0.25, 0.3) is 0 Å². The van der Waals surface area contributed by atoms with Gasteiger partial charge in [0, 0.05) is 5.92 Å². The van der Waals surface area contributed by atoms with Crippen LogP contribution in [0.4, 0.5) is 0 Å². The first kappa shape index (κ1) is 19.0. The molecule has 5 heteroatoms. The second-order valence-corrected chi connectivity index (χ2v) is 6.27. The topological polar surface area (TPSA) is 52.6 Å². The number of carbonyl (C=O) groups is 2. The summed E-state index contributed by atoms with van der Waals surface area (Å²) in [6.07, 6.45) is 2.36. The molecule has 20 heavy (non-hydrogen) atoms. The van der Waals surface area contributed by atoms with E-state index in [0.29, 0.717) is 11.7 Å². The highest BCUT2D eigenvalue weighted by Gasteiger charge is 2.35. The Bertz CT molecular complexity index is 297. The average Bonchev–Trinajstić information content (AvgIpc) is 2.37. The van der Waals surface area contributed by atoms with Gasteiger partial charge in [-0.2, -0.15) is 11.8 Å². The highest BCUT2D eigenvalue weighted by molar-refractivity contribution is 7.99. The predicted octanol–water partition coefficient (Wildman–Crippen LogP) is 3.06. The van der Waals surface area contributed by atoms with Crippen LogP contribution in [0.1, 0.15) is 34.1 Å². The minimum Gasteiger partial charge on any atom is -0.465 e. The van der Waals surface area contributed by atoms with Gasteiger partial charge in [-0.05, 0) is 31.3 Å². The van der Waals surface area contributed by atoms with Gasteiger partial charge in [0.1, 0.15) is 0 Å². The third-order valence-electron chi connectivity index (χ3n) is 2.71. The number of ether oxygens (including phenoxy) is 2. The number of rotatable bonds is 10. The van der Waals surface area contributed by atoms with Crippen molar-refractivity contribution >= 4 is 23.7 Å². The average molecular weight is 302 g/mol. The summed E-state index contributed by atoms with van der Waals surface area (Å²) in [5.74, 6) is -1.33. The Hall–Kier alpha value is -0.970. The van der Waals surface area contributed by atoms with E-state index in [-0.39, 0.29) is 19.1 Å². The van der Waals surface area contributed by atoms with Gasteiger partial charge in [-0.25, -0.2) is 0 Å². The molecular formula is C15H26O4S. The third kappa shape index (κ3) is 6.98. The molecule has 0 saturated carbocycles. The predicted molar refractivity (Wildman–Crippen MR) is 82.7 cm³/mol. The summed E-state index contributed by atoms with van der Waals surface area (Å²) >= 11 is 1.79. The summed E-state index contributed by atoms with van der Waals surface area (Å²) in [4.78, 5) is 24.0. The maximum Gasteiger partial charge on any atom is 0.320 e.